The molecule has 0 saturated carbocycles. The first-order valence-corrected chi connectivity index (χ1v) is 5.72. The van der Waals surface area contributed by atoms with Crippen LogP contribution in [-0.4, -0.2) is 18.8 Å². The number of rotatable bonds is 5. The van der Waals surface area contributed by atoms with Gasteiger partial charge in [-0.25, -0.2) is 9.13 Å². The maximum atomic E-state index is 13.1. The quantitative estimate of drug-likeness (QED) is 0.692. The molecule has 112 valence electrons. The predicted octanol–water partition coefficient (Wildman–Crippen LogP) is 4.90. The Labute approximate surface area is 118 Å². The highest BCUT2D eigenvalue weighted by Crippen LogP contribution is 2.35. The highest BCUT2D eigenvalue weighted by Gasteiger charge is 2.50. The molecule has 0 spiro atoms. The normalized spacial score (nSPS) is 13.9. The predicted molar refractivity (Wildman–Crippen MR) is 61.8 cm³/mol. The summed E-state index contributed by atoms with van der Waals surface area (Å²) in [7, 11) is 0. The van der Waals surface area contributed by atoms with E-state index in [0.717, 1.165) is 6.07 Å². The smallest absolute Gasteiger partial charge is 0.427 e. The molecule has 0 amide bonds. The van der Waals surface area contributed by atoms with Crippen LogP contribution in [0.15, 0.2) is 29.3 Å². The van der Waals surface area contributed by atoms with Crippen molar-refractivity contribution < 1.29 is 35.8 Å². The molecule has 0 aliphatic rings. The number of alkyl halides is 6. The first-order chi connectivity index (χ1) is 9.05. The third-order valence-corrected chi connectivity index (χ3v) is 2.56. The minimum Gasteiger partial charge on any atom is -0.427 e. The van der Waals surface area contributed by atoms with Crippen molar-refractivity contribution in [2.75, 3.05) is 0 Å². The standard InChI is InChI=1S/C11H7BrF6O2/c1-2-6-3-4-8(7(12)5-6)19-10(14,15)9(13)20-11(16,17)18/h2-5,9H,1H2/t9-/m1/s1. The minimum absolute atomic E-state index is 0.00576. The van der Waals surface area contributed by atoms with Gasteiger partial charge >= 0.3 is 18.8 Å². The fourth-order valence-electron chi connectivity index (χ4n) is 1.11. The Balaban J connectivity index is 2.87. The lowest BCUT2D eigenvalue weighted by atomic mass is 10.2. The van der Waals surface area contributed by atoms with Crippen molar-refractivity contribution in [3.05, 3.63) is 34.8 Å². The summed E-state index contributed by atoms with van der Waals surface area (Å²) in [5.41, 5.74) is 0.538. The van der Waals surface area contributed by atoms with Crippen molar-refractivity contribution in [2.45, 2.75) is 18.8 Å². The molecule has 0 N–H and O–H groups in total. The van der Waals surface area contributed by atoms with Crippen LogP contribution in [0.25, 0.3) is 6.08 Å². The molecule has 20 heavy (non-hydrogen) atoms. The van der Waals surface area contributed by atoms with Gasteiger partial charge in [-0.05, 0) is 33.6 Å². The van der Waals surface area contributed by atoms with Crippen LogP contribution in [0.5, 0.6) is 5.75 Å². The molecule has 0 unspecified atom stereocenters. The minimum atomic E-state index is -5.55. The SMILES string of the molecule is C=Cc1ccc(OC(F)(F)[C@H](F)OC(F)(F)F)c(Br)c1. The molecular weight excluding hydrogens is 358 g/mol. The summed E-state index contributed by atoms with van der Waals surface area (Å²) in [4.78, 5) is 0. The van der Waals surface area contributed by atoms with Crippen molar-refractivity contribution in [1.82, 2.24) is 0 Å². The Morgan fingerprint density at radius 3 is 2.25 bits per heavy atom. The summed E-state index contributed by atoms with van der Waals surface area (Å²) >= 11 is 2.86. The van der Waals surface area contributed by atoms with E-state index in [1.807, 2.05) is 0 Å². The molecule has 0 aromatic heterocycles. The van der Waals surface area contributed by atoms with Gasteiger partial charge in [0.05, 0.1) is 4.47 Å². The van der Waals surface area contributed by atoms with Gasteiger partial charge in [0.25, 0.3) is 0 Å². The molecule has 0 bridgehead atoms. The maximum Gasteiger partial charge on any atom is 0.525 e. The Morgan fingerprint density at radius 2 is 1.80 bits per heavy atom. The van der Waals surface area contributed by atoms with Crippen molar-refractivity contribution in [1.29, 1.82) is 0 Å². The molecular formula is C11H7BrF6O2. The lowest BCUT2D eigenvalue weighted by molar-refractivity contribution is -0.411. The number of hydrogen-bond donors (Lipinski definition) is 0. The highest BCUT2D eigenvalue weighted by molar-refractivity contribution is 9.10. The fraction of sp³-hybridized carbons (Fsp3) is 0.273. The molecule has 0 aliphatic heterocycles. The second-order valence-electron chi connectivity index (χ2n) is 3.44. The van der Waals surface area contributed by atoms with E-state index in [0.29, 0.717) is 5.56 Å². The molecule has 1 atom stereocenters. The molecule has 1 aromatic carbocycles. The molecule has 0 radical (unpaired) electrons. The molecule has 0 heterocycles. The van der Waals surface area contributed by atoms with Gasteiger partial charge in [-0.1, -0.05) is 18.7 Å². The van der Waals surface area contributed by atoms with Gasteiger partial charge in [-0.2, -0.15) is 8.78 Å². The average molecular weight is 365 g/mol. The summed E-state index contributed by atoms with van der Waals surface area (Å²) < 4.78 is 80.6. The van der Waals surface area contributed by atoms with E-state index in [4.69, 9.17) is 0 Å². The largest absolute Gasteiger partial charge is 0.525 e. The number of halogens is 7. The molecule has 1 aromatic rings. The Morgan fingerprint density at radius 1 is 1.20 bits per heavy atom. The van der Waals surface area contributed by atoms with E-state index in [-0.39, 0.29) is 4.47 Å². The zero-order valence-electron chi connectivity index (χ0n) is 9.56. The summed E-state index contributed by atoms with van der Waals surface area (Å²) in [6, 6.07) is 3.65. The van der Waals surface area contributed by atoms with Crippen LogP contribution in [-0.2, 0) is 4.74 Å². The van der Waals surface area contributed by atoms with Gasteiger partial charge < -0.3 is 4.74 Å². The van der Waals surface area contributed by atoms with Crippen molar-refractivity contribution in [2.24, 2.45) is 0 Å². The summed E-state index contributed by atoms with van der Waals surface area (Å²) in [5.74, 6) is -0.547. The van der Waals surface area contributed by atoms with Gasteiger partial charge in [-0.3, -0.25) is 0 Å². The lowest BCUT2D eigenvalue weighted by Gasteiger charge is -2.22. The molecule has 9 heteroatoms. The number of hydrogen-bond acceptors (Lipinski definition) is 2. The van der Waals surface area contributed by atoms with Crippen LogP contribution in [0, 0.1) is 0 Å². The van der Waals surface area contributed by atoms with Crippen LogP contribution in [0.2, 0.25) is 0 Å². The second-order valence-corrected chi connectivity index (χ2v) is 4.29. The van der Waals surface area contributed by atoms with Gasteiger partial charge in [0.15, 0.2) is 0 Å². The van der Waals surface area contributed by atoms with E-state index >= 15 is 0 Å². The number of ether oxygens (including phenoxy) is 2. The first-order valence-electron chi connectivity index (χ1n) is 4.92. The average Bonchev–Trinajstić information content (AvgIpc) is 2.29. The van der Waals surface area contributed by atoms with Crippen molar-refractivity contribution in [3.63, 3.8) is 0 Å². The Kier molecular flexibility index (Phi) is 5.09. The van der Waals surface area contributed by atoms with E-state index in [9.17, 15) is 26.3 Å². The second kappa shape index (κ2) is 6.04. The highest BCUT2D eigenvalue weighted by atomic mass is 79.9. The Bertz CT molecular complexity index is 488. The third-order valence-electron chi connectivity index (χ3n) is 1.94. The van der Waals surface area contributed by atoms with Crippen LogP contribution >= 0.6 is 15.9 Å². The lowest BCUT2D eigenvalue weighted by Crippen LogP contribution is -2.41. The first kappa shape index (κ1) is 16.8. The van der Waals surface area contributed by atoms with Gasteiger partial charge in [-0.15, -0.1) is 13.2 Å². The van der Waals surface area contributed by atoms with Crippen LogP contribution in [0.1, 0.15) is 5.56 Å². The third kappa shape index (κ3) is 4.71. The fourth-order valence-corrected chi connectivity index (χ4v) is 1.58. The van der Waals surface area contributed by atoms with Crippen LogP contribution in [0.4, 0.5) is 26.3 Å². The van der Waals surface area contributed by atoms with Crippen molar-refractivity contribution >= 4 is 22.0 Å². The van der Waals surface area contributed by atoms with Crippen molar-refractivity contribution in [3.8, 4) is 5.75 Å². The number of benzene rings is 1. The molecule has 2 nitrogen and oxygen atoms in total. The van der Waals surface area contributed by atoms with E-state index in [1.54, 1.807) is 0 Å². The van der Waals surface area contributed by atoms with E-state index < -0.39 is 24.6 Å². The maximum absolute atomic E-state index is 13.1. The summed E-state index contributed by atoms with van der Waals surface area (Å²) in [6.07, 6.45) is -12.9. The van der Waals surface area contributed by atoms with Gasteiger partial charge in [0, 0.05) is 0 Å². The zero-order valence-corrected chi connectivity index (χ0v) is 11.1. The van der Waals surface area contributed by atoms with Gasteiger partial charge in [0.1, 0.15) is 5.75 Å². The van der Waals surface area contributed by atoms with Crippen LogP contribution in [0.3, 0.4) is 0 Å². The summed E-state index contributed by atoms with van der Waals surface area (Å²) in [5, 5.41) is 0. The molecule has 1 rings (SSSR count). The Hall–Kier alpha value is -1.22. The van der Waals surface area contributed by atoms with Gasteiger partial charge in [0.2, 0.25) is 0 Å². The summed E-state index contributed by atoms with van der Waals surface area (Å²) in [6.45, 7) is 3.43. The topological polar surface area (TPSA) is 18.5 Å². The monoisotopic (exact) mass is 364 g/mol. The molecule has 0 saturated heterocycles. The zero-order chi connectivity index (χ0) is 15.6. The van der Waals surface area contributed by atoms with Crippen LogP contribution < -0.4 is 4.74 Å². The molecule has 0 fully saturated rings. The van der Waals surface area contributed by atoms with E-state index in [1.165, 1.54) is 18.2 Å². The van der Waals surface area contributed by atoms with E-state index in [2.05, 4.69) is 32.0 Å². The molecule has 0 aliphatic carbocycles.